The summed E-state index contributed by atoms with van der Waals surface area (Å²) in [5.41, 5.74) is 0.235. The molecule has 0 bridgehead atoms. The number of benzene rings is 1. The Morgan fingerprint density at radius 2 is 1.94 bits per heavy atom. The van der Waals surface area contributed by atoms with Gasteiger partial charge in [0.2, 0.25) is 5.43 Å². The zero-order valence-corrected chi connectivity index (χ0v) is 9.52. The van der Waals surface area contributed by atoms with Crippen LogP contribution in [-0.2, 0) is 0 Å². The molecule has 0 unspecified atom stereocenters. The second-order valence-corrected chi connectivity index (χ2v) is 3.82. The Labute approximate surface area is 101 Å². The lowest BCUT2D eigenvalue weighted by Gasteiger charge is -1.94. The minimum atomic E-state index is -0.398. The summed E-state index contributed by atoms with van der Waals surface area (Å²) in [5.74, 6) is -0.272. The summed E-state index contributed by atoms with van der Waals surface area (Å²) in [4.78, 5) is 23.6. The Hall–Kier alpha value is -2.56. The zero-order chi connectivity index (χ0) is 12.7. The van der Waals surface area contributed by atoms with Crippen LogP contribution >= 0.6 is 0 Å². The molecule has 5 nitrogen and oxygen atoms in total. The van der Waals surface area contributed by atoms with Crippen LogP contribution in [0.3, 0.4) is 0 Å². The van der Waals surface area contributed by atoms with E-state index >= 15 is 0 Å². The Morgan fingerprint density at radius 1 is 1.17 bits per heavy atom. The fourth-order valence-electron chi connectivity index (χ4n) is 1.83. The highest BCUT2D eigenvalue weighted by molar-refractivity contribution is 5.96. The van der Waals surface area contributed by atoms with Gasteiger partial charge in [0.25, 0.3) is 5.91 Å². The molecule has 2 aromatic heterocycles. The molecule has 3 aromatic rings. The Morgan fingerprint density at radius 3 is 2.72 bits per heavy atom. The van der Waals surface area contributed by atoms with E-state index in [0.29, 0.717) is 11.0 Å². The number of fused-ring (bicyclic) bond motifs is 2. The lowest BCUT2D eigenvalue weighted by Crippen LogP contribution is -2.16. The molecular formula is C13H9NO4. The molecule has 0 aliphatic heterocycles. The quantitative estimate of drug-likeness (QED) is 0.708. The van der Waals surface area contributed by atoms with Crippen molar-refractivity contribution >= 4 is 28.0 Å². The van der Waals surface area contributed by atoms with E-state index in [0.717, 1.165) is 0 Å². The number of carbonyl (C=O) groups excluding carboxylic acids is 1. The van der Waals surface area contributed by atoms with Crippen LogP contribution in [0.25, 0.3) is 22.1 Å². The van der Waals surface area contributed by atoms with E-state index in [-0.39, 0.29) is 22.4 Å². The maximum atomic E-state index is 12.2. The number of hydrogen-bond donors (Lipinski definition) is 1. The fourth-order valence-corrected chi connectivity index (χ4v) is 1.83. The van der Waals surface area contributed by atoms with Crippen molar-refractivity contribution in [1.29, 1.82) is 0 Å². The highest BCUT2D eigenvalue weighted by Gasteiger charge is 2.16. The van der Waals surface area contributed by atoms with E-state index in [9.17, 15) is 9.59 Å². The molecule has 0 saturated heterocycles. The topological polar surface area (TPSA) is 72.5 Å². The van der Waals surface area contributed by atoms with Gasteiger partial charge in [-0.05, 0) is 12.1 Å². The van der Waals surface area contributed by atoms with Crippen molar-refractivity contribution in [3.63, 3.8) is 0 Å². The average Bonchev–Trinajstić information content (AvgIpc) is 2.82. The van der Waals surface area contributed by atoms with Crippen molar-refractivity contribution in [3.8, 4) is 0 Å². The fraction of sp³-hybridized carbons (Fsp3) is 0.0769. The molecule has 3 rings (SSSR count). The van der Waals surface area contributed by atoms with Gasteiger partial charge in [0.15, 0.2) is 5.76 Å². The van der Waals surface area contributed by atoms with Gasteiger partial charge in [0.1, 0.15) is 11.0 Å². The van der Waals surface area contributed by atoms with Gasteiger partial charge in [-0.25, -0.2) is 0 Å². The summed E-state index contributed by atoms with van der Waals surface area (Å²) in [6.07, 6.45) is 0. The predicted octanol–water partition coefficient (Wildman–Crippen LogP) is 1.90. The van der Waals surface area contributed by atoms with E-state index in [2.05, 4.69) is 5.32 Å². The molecule has 0 fully saturated rings. The van der Waals surface area contributed by atoms with Gasteiger partial charge < -0.3 is 14.2 Å². The van der Waals surface area contributed by atoms with Crippen molar-refractivity contribution in [1.82, 2.24) is 5.32 Å². The highest BCUT2D eigenvalue weighted by atomic mass is 16.5. The first-order valence-electron chi connectivity index (χ1n) is 5.38. The standard InChI is InChI=1S/C13H9NO4/c1-14-12(16)10-6-8-11(15)7-4-2-3-5-9(7)17-13(8)18-10/h2-6H,1H3,(H,14,16). The molecule has 1 N–H and O–H groups in total. The van der Waals surface area contributed by atoms with Gasteiger partial charge in [-0.2, -0.15) is 0 Å². The molecule has 0 aliphatic carbocycles. The van der Waals surface area contributed by atoms with E-state index in [1.807, 2.05) is 0 Å². The number of rotatable bonds is 1. The Bertz CT molecular complexity index is 813. The summed E-state index contributed by atoms with van der Waals surface area (Å²) in [5, 5.41) is 3.16. The van der Waals surface area contributed by atoms with Crippen LogP contribution in [0.2, 0.25) is 0 Å². The maximum absolute atomic E-state index is 12.2. The van der Waals surface area contributed by atoms with Crippen molar-refractivity contribution in [2.75, 3.05) is 7.05 Å². The van der Waals surface area contributed by atoms with E-state index < -0.39 is 5.91 Å². The molecule has 0 atom stereocenters. The van der Waals surface area contributed by atoms with Crippen molar-refractivity contribution in [3.05, 3.63) is 46.3 Å². The average molecular weight is 243 g/mol. The third kappa shape index (κ3) is 1.41. The summed E-state index contributed by atoms with van der Waals surface area (Å²) in [7, 11) is 1.49. The molecule has 0 aliphatic rings. The first-order chi connectivity index (χ1) is 8.70. The Balaban J connectivity index is 2.40. The molecular weight excluding hydrogens is 234 g/mol. The largest absolute Gasteiger partial charge is 0.425 e. The first kappa shape index (κ1) is 10.6. The van der Waals surface area contributed by atoms with Gasteiger partial charge >= 0.3 is 5.78 Å². The van der Waals surface area contributed by atoms with Gasteiger partial charge in [0, 0.05) is 13.1 Å². The number of amides is 1. The molecule has 0 radical (unpaired) electrons. The minimum Gasteiger partial charge on any atom is -0.425 e. The van der Waals surface area contributed by atoms with E-state index in [1.165, 1.54) is 13.1 Å². The smallest absolute Gasteiger partial charge is 0.302 e. The van der Waals surface area contributed by atoms with E-state index in [1.54, 1.807) is 24.3 Å². The maximum Gasteiger partial charge on any atom is 0.302 e. The summed E-state index contributed by atoms with van der Waals surface area (Å²) in [6, 6.07) is 8.27. The monoisotopic (exact) mass is 243 g/mol. The van der Waals surface area contributed by atoms with Crippen LogP contribution in [0.4, 0.5) is 0 Å². The normalized spacial score (nSPS) is 10.9. The molecule has 0 saturated carbocycles. The zero-order valence-electron chi connectivity index (χ0n) is 9.52. The lowest BCUT2D eigenvalue weighted by molar-refractivity contribution is 0.0936. The number of hydrogen-bond acceptors (Lipinski definition) is 4. The number of furan rings is 1. The SMILES string of the molecule is CNC(=O)c1cc2c(=O)c3ccccc3oc2o1. The number of carbonyl (C=O) groups is 1. The third-order valence-corrected chi connectivity index (χ3v) is 2.73. The molecule has 1 aromatic carbocycles. The summed E-state index contributed by atoms with van der Waals surface area (Å²) >= 11 is 0. The van der Waals surface area contributed by atoms with Crippen LogP contribution in [0.1, 0.15) is 10.6 Å². The van der Waals surface area contributed by atoms with Crippen molar-refractivity contribution in [2.24, 2.45) is 0 Å². The number of nitrogens with one attached hydrogen (secondary N) is 1. The van der Waals surface area contributed by atoms with Crippen LogP contribution in [0, 0.1) is 0 Å². The number of para-hydroxylation sites is 1. The van der Waals surface area contributed by atoms with Gasteiger partial charge in [-0.15, -0.1) is 0 Å². The molecule has 5 heteroatoms. The summed E-state index contributed by atoms with van der Waals surface area (Å²) < 4.78 is 10.7. The lowest BCUT2D eigenvalue weighted by atomic mass is 10.2. The predicted molar refractivity (Wildman–Crippen MR) is 65.6 cm³/mol. The van der Waals surface area contributed by atoms with Gasteiger partial charge in [-0.3, -0.25) is 9.59 Å². The second-order valence-electron chi connectivity index (χ2n) is 3.82. The van der Waals surface area contributed by atoms with E-state index in [4.69, 9.17) is 8.83 Å². The molecule has 0 spiro atoms. The minimum absolute atomic E-state index is 0.0589. The first-order valence-corrected chi connectivity index (χ1v) is 5.38. The van der Waals surface area contributed by atoms with Crippen molar-refractivity contribution in [2.45, 2.75) is 0 Å². The van der Waals surface area contributed by atoms with Crippen LogP contribution in [-0.4, -0.2) is 13.0 Å². The molecule has 1 amide bonds. The van der Waals surface area contributed by atoms with Crippen molar-refractivity contribution < 1.29 is 13.6 Å². The van der Waals surface area contributed by atoms with Crippen LogP contribution in [0.15, 0.2) is 44.0 Å². The van der Waals surface area contributed by atoms with Crippen LogP contribution in [0.5, 0.6) is 0 Å². The molecule has 18 heavy (non-hydrogen) atoms. The molecule has 2 heterocycles. The van der Waals surface area contributed by atoms with Crippen LogP contribution < -0.4 is 10.7 Å². The highest BCUT2D eigenvalue weighted by Crippen LogP contribution is 2.21. The van der Waals surface area contributed by atoms with Gasteiger partial charge in [-0.1, -0.05) is 12.1 Å². The third-order valence-electron chi connectivity index (χ3n) is 2.73. The Kier molecular flexibility index (Phi) is 2.19. The molecule has 90 valence electrons. The second kappa shape index (κ2) is 3.73. The van der Waals surface area contributed by atoms with Gasteiger partial charge in [0.05, 0.1) is 5.39 Å². The summed E-state index contributed by atoms with van der Waals surface area (Å²) in [6.45, 7) is 0.